The fraction of sp³-hybridized carbons (Fsp3) is 0.385. The number of aromatic nitrogens is 2. The molecule has 0 unspecified atom stereocenters. The van der Waals surface area contributed by atoms with Crippen LogP contribution in [0.25, 0.3) is 11.4 Å². The molecule has 0 aliphatic heterocycles. The number of nitrogens with two attached hydrogens (primary N) is 1. The van der Waals surface area contributed by atoms with Gasteiger partial charge in [-0.1, -0.05) is 13.8 Å². The molecule has 96 valence electrons. The van der Waals surface area contributed by atoms with Crippen LogP contribution in [0.4, 0.5) is 4.39 Å². The molecule has 2 N–H and O–H groups in total. The fourth-order valence-corrected chi connectivity index (χ4v) is 2.56. The van der Waals surface area contributed by atoms with E-state index in [0.29, 0.717) is 12.2 Å². The normalized spacial score (nSPS) is 11.8. The first kappa shape index (κ1) is 13.1. The lowest BCUT2D eigenvalue weighted by Crippen LogP contribution is -2.27. The quantitative estimate of drug-likeness (QED) is 0.928. The molecule has 2 aromatic heterocycles. The highest BCUT2D eigenvalue weighted by molar-refractivity contribution is 7.12. The highest BCUT2D eigenvalue weighted by Gasteiger charge is 2.24. The minimum Gasteiger partial charge on any atom is -0.330 e. The van der Waals surface area contributed by atoms with Gasteiger partial charge in [-0.2, -0.15) is 0 Å². The van der Waals surface area contributed by atoms with Gasteiger partial charge in [-0.3, -0.25) is 4.98 Å². The summed E-state index contributed by atoms with van der Waals surface area (Å²) in [4.78, 5) is 9.75. The van der Waals surface area contributed by atoms with E-state index >= 15 is 0 Å². The van der Waals surface area contributed by atoms with Crippen molar-refractivity contribution in [2.75, 3.05) is 6.54 Å². The molecule has 5 heteroatoms. The van der Waals surface area contributed by atoms with Crippen LogP contribution >= 0.6 is 11.3 Å². The zero-order valence-electron chi connectivity index (χ0n) is 10.7. The Bertz CT molecular complexity index is 546. The van der Waals surface area contributed by atoms with E-state index in [1.165, 1.54) is 12.3 Å². The van der Waals surface area contributed by atoms with E-state index < -0.39 is 0 Å². The SMILES string of the molecule is Cc1sc(C(C)(C)CN)nc1-c1ccc(F)cn1. The van der Waals surface area contributed by atoms with E-state index in [9.17, 15) is 4.39 Å². The molecule has 0 bridgehead atoms. The van der Waals surface area contributed by atoms with Crippen molar-refractivity contribution in [3.63, 3.8) is 0 Å². The average Bonchev–Trinajstić information content (AvgIpc) is 2.73. The van der Waals surface area contributed by atoms with E-state index in [4.69, 9.17) is 5.73 Å². The van der Waals surface area contributed by atoms with Gasteiger partial charge in [-0.05, 0) is 19.1 Å². The number of aryl methyl sites for hydroxylation is 1. The third kappa shape index (κ3) is 2.42. The zero-order chi connectivity index (χ0) is 13.3. The van der Waals surface area contributed by atoms with Crippen LogP contribution in [-0.4, -0.2) is 16.5 Å². The van der Waals surface area contributed by atoms with Gasteiger partial charge < -0.3 is 5.73 Å². The Kier molecular flexibility index (Phi) is 3.45. The predicted octanol–water partition coefficient (Wildman–Crippen LogP) is 2.89. The smallest absolute Gasteiger partial charge is 0.141 e. The summed E-state index contributed by atoms with van der Waals surface area (Å²) in [6, 6.07) is 3.05. The van der Waals surface area contributed by atoms with Crippen LogP contribution in [0.2, 0.25) is 0 Å². The average molecular weight is 265 g/mol. The van der Waals surface area contributed by atoms with E-state index in [0.717, 1.165) is 15.6 Å². The van der Waals surface area contributed by atoms with Gasteiger partial charge in [0.25, 0.3) is 0 Å². The summed E-state index contributed by atoms with van der Waals surface area (Å²) in [7, 11) is 0. The summed E-state index contributed by atoms with van der Waals surface area (Å²) in [5, 5.41) is 0.989. The summed E-state index contributed by atoms with van der Waals surface area (Å²) < 4.78 is 12.9. The molecule has 0 aromatic carbocycles. The van der Waals surface area contributed by atoms with Crippen molar-refractivity contribution < 1.29 is 4.39 Å². The first-order chi connectivity index (χ1) is 8.44. The second kappa shape index (κ2) is 4.74. The topological polar surface area (TPSA) is 51.8 Å². The van der Waals surface area contributed by atoms with Gasteiger partial charge in [0.1, 0.15) is 16.5 Å². The molecule has 2 aromatic rings. The van der Waals surface area contributed by atoms with Crippen LogP contribution in [-0.2, 0) is 5.41 Å². The molecule has 2 rings (SSSR count). The highest BCUT2D eigenvalue weighted by atomic mass is 32.1. The predicted molar refractivity (Wildman–Crippen MR) is 72.1 cm³/mol. The molecule has 0 aliphatic carbocycles. The Labute approximate surface area is 110 Å². The highest BCUT2D eigenvalue weighted by Crippen LogP contribution is 2.32. The summed E-state index contributed by atoms with van der Waals surface area (Å²) in [6.45, 7) is 6.66. The van der Waals surface area contributed by atoms with Gasteiger partial charge in [0, 0.05) is 16.8 Å². The van der Waals surface area contributed by atoms with Crippen LogP contribution < -0.4 is 5.73 Å². The van der Waals surface area contributed by atoms with Crippen molar-refractivity contribution in [2.24, 2.45) is 5.73 Å². The van der Waals surface area contributed by atoms with Gasteiger partial charge in [0.05, 0.1) is 11.9 Å². The number of rotatable bonds is 3. The van der Waals surface area contributed by atoms with Crippen molar-refractivity contribution in [2.45, 2.75) is 26.2 Å². The number of hydrogen-bond donors (Lipinski definition) is 1. The first-order valence-corrected chi connectivity index (χ1v) is 6.55. The number of pyridine rings is 1. The third-order valence-electron chi connectivity index (χ3n) is 2.86. The van der Waals surface area contributed by atoms with Gasteiger partial charge >= 0.3 is 0 Å². The van der Waals surface area contributed by atoms with Crippen molar-refractivity contribution in [1.29, 1.82) is 0 Å². The molecule has 0 saturated heterocycles. The summed E-state index contributed by atoms with van der Waals surface area (Å²) in [6.07, 6.45) is 1.21. The van der Waals surface area contributed by atoms with E-state index in [-0.39, 0.29) is 11.2 Å². The number of thiazole rings is 1. The van der Waals surface area contributed by atoms with E-state index in [1.807, 2.05) is 6.92 Å². The Morgan fingerprint density at radius 3 is 2.67 bits per heavy atom. The van der Waals surface area contributed by atoms with Crippen LogP contribution in [0.15, 0.2) is 18.3 Å². The summed E-state index contributed by atoms with van der Waals surface area (Å²) >= 11 is 1.62. The zero-order valence-corrected chi connectivity index (χ0v) is 11.5. The molecule has 0 radical (unpaired) electrons. The molecular formula is C13H16FN3S. The van der Waals surface area contributed by atoms with E-state index in [1.54, 1.807) is 17.4 Å². The maximum absolute atomic E-state index is 12.9. The third-order valence-corrected chi connectivity index (χ3v) is 4.19. The van der Waals surface area contributed by atoms with Crippen molar-refractivity contribution in [1.82, 2.24) is 9.97 Å². The molecular weight excluding hydrogens is 249 g/mol. The van der Waals surface area contributed by atoms with Crippen LogP contribution in [0.3, 0.4) is 0 Å². The lowest BCUT2D eigenvalue weighted by atomic mass is 9.95. The fourth-order valence-electron chi connectivity index (χ4n) is 1.53. The number of hydrogen-bond acceptors (Lipinski definition) is 4. The van der Waals surface area contributed by atoms with Crippen molar-refractivity contribution in [3.05, 3.63) is 34.0 Å². The molecule has 2 heterocycles. The molecule has 0 saturated carbocycles. The van der Waals surface area contributed by atoms with Gasteiger partial charge in [0.15, 0.2) is 0 Å². The van der Waals surface area contributed by atoms with Crippen LogP contribution in [0.1, 0.15) is 23.7 Å². The summed E-state index contributed by atoms with van der Waals surface area (Å²) in [5.74, 6) is -0.339. The van der Waals surface area contributed by atoms with Crippen molar-refractivity contribution >= 4 is 11.3 Å². The van der Waals surface area contributed by atoms with Crippen LogP contribution in [0.5, 0.6) is 0 Å². The van der Waals surface area contributed by atoms with Gasteiger partial charge in [0.2, 0.25) is 0 Å². The Hall–Kier alpha value is -1.33. The standard InChI is InChI=1S/C13H16FN3S/c1-8-11(10-5-4-9(14)6-16-10)17-12(18-8)13(2,3)7-15/h4-6H,7,15H2,1-3H3. The monoisotopic (exact) mass is 265 g/mol. The van der Waals surface area contributed by atoms with Crippen molar-refractivity contribution in [3.8, 4) is 11.4 Å². The second-order valence-electron chi connectivity index (χ2n) is 4.87. The lowest BCUT2D eigenvalue weighted by Gasteiger charge is -2.18. The molecule has 0 spiro atoms. The van der Waals surface area contributed by atoms with Gasteiger partial charge in [-0.15, -0.1) is 11.3 Å². The maximum atomic E-state index is 12.9. The molecule has 18 heavy (non-hydrogen) atoms. The minimum atomic E-state index is -0.339. The first-order valence-electron chi connectivity index (χ1n) is 5.74. The largest absolute Gasteiger partial charge is 0.330 e. The minimum absolute atomic E-state index is 0.145. The molecule has 3 nitrogen and oxygen atoms in total. The molecule has 0 aliphatic rings. The second-order valence-corrected chi connectivity index (χ2v) is 6.08. The molecule has 0 atom stereocenters. The number of nitrogens with zero attached hydrogens (tertiary/aromatic N) is 2. The Morgan fingerprint density at radius 1 is 1.39 bits per heavy atom. The Morgan fingerprint density at radius 2 is 2.11 bits per heavy atom. The summed E-state index contributed by atoms with van der Waals surface area (Å²) in [5.41, 5.74) is 7.13. The van der Waals surface area contributed by atoms with Gasteiger partial charge in [-0.25, -0.2) is 9.37 Å². The number of halogens is 1. The maximum Gasteiger partial charge on any atom is 0.141 e. The molecule has 0 amide bonds. The molecule has 0 fully saturated rings. The Balaban J connectivity index is 2.44. The lowest BCUT2D eigenvalue weighted by molar-refractivity contribution is 0.536. The van der Waals surface area contributed by atoms with Crippen LogP contribution in [0, 0.1) is 12.7 Å². The van der Waals surface area contributed by atoms with E-state index in [2.05, 4.69) is 23.8 Å².